The van der Waals surface area contributed by atoms with Gasteiger partial charge >= 0.3 is 0 Å². The normalized spacial score (nSPS) is 10.5. The second-order valence-electron chi connectivity index (χ2n) is 6.44. The molecule has 5 heteroatoms. The quantitative estimate of drug-likeness (QED) is 0.290. The van der Waals surface area contributed by atoms with E-state index in [1.165, 1.54) is 0 Å². The fourth-order valence-corrected chi connectivity index (χ4v) is 3.39. The van der Waals surface area contributed by atoms with Crippen LogP contribution in [0, 0.1) is 0 Å². The van der Waals surface area contributed by atoms with E-state index in [4.69, 9.17) is 32.7 Å². The molecule has 0 radical (unpaired) electrons. The number of halogens is 2. The van der Waals surface area contributed by atoms with Crippen molar-refractivity contribution in [2.45, 2.75) is 0 Å². The van der Waals surface area contributed by atoms with E-state index < -0.39 is 0 Å². The first-order chi connectivity index (χ1) is 14.6. The summed E-state index contributed by atoms with van der Waals surface area (Å²) in [5, 5.41) is 0.572. The second-order valence-corrected chi connectivity index (χ2v) is 7.26. The smallest absolute Gasteiger partial charge is 0.196 e. The topological polar surface area (TPSA) is 35.5 Å². The van der Waals surface area contributed by atoms with E-state index in [2.05, 4.69) is 0 Å². The van der Waals surface area contributed by atoms with Gasteiger partial charge in [-0.15, -0.1) is 0 Å². The van der Waals surface area contributed by atoms with E-state index in [9.17, 15) is 4.79 Å². The first-order valence-corrected chi connectivity index (χ1v) is 9.95. The molecule has 3 nitrogen and oxygen atoms in total. The highest BCUT2D eigenvalue weighted by Crippen LogP contribution is 2.32. The number of ether oxygens (including phenoxy) is 2. The van der Waals surface area contributed by atoms with Gasteiger partial charge in [-0.2, -0.15) is 0 Å². The van der Waals surface area contributed by atoms with E-state index in [0.717, 1.165) is 0 Å². The molecule has 4 aromatic carbocycles. The highest BCUT2D eigenvalue weighted by Gasteiger charge is 2.17. The summed E-state index contributed by atoms with van der Waals surface area (Å²) < 4.78 is 11.5. The van der Waals surface area contributed by atoms with Gasteiger partial charge < -0.3 is 9.47 Å². The highest BCUT2D eigenvalue weighted by molar-refractivity contribution is 6.38. The van der Waals surface area contributed by atoms with Crippen LogP contribution in [0.15, 0.2) is 97.1 Å². The molecule has 0 aliphatic rings. The first kappa shape index (κ1) is 20.0. The molecular formula is C25H16Cl2O3. The minimum absolute atomic E-state index is 0.275. The lowest BCUT2D eigenvalue weighted by Gasteiger charge is -2.11. The van der Waals surface area contributed by atoms with Gasteiger partial charge in [0, 0.05) is 23.3 Å². The Morgan fingerprint density at radius 2 is 0.933 bits per heavy atom. The zero-order chi connectivity index (χ0) is 20.9. The largest absolute Gasteiger partial charge is 0.457 e. The molecule has 0 spiro atoms. The summed E-state index contributed by atoms with van der Waals surface area (Å²) in [7, 11) is 0. The molecule has 4 aromatic rings. The molecular weight excluding hydrogens is 419 g/mol. The summed E-state index contributed by atoms with van der Waals surface area (Å²) in [4.78, 5) is 13.0. The number of benzene rings is 4. The van der Waals surface area contributed by atoms with Gasteiger partial charge in [-0.3, -0.25) is 4.79 Å². The van der Waals surface area contributed by atoms with Gasteiger partial charge in [0.15, 0.2) is 5.78 Å². The van der Waals surface area contributed by atoms with Gasteiger partial charge in [0.25, 0.3) is 0 Å². The van der Waals surface area contributed by atoms with Crippen LogP contribution in [0.2, 0.25) is 10.0 Å². The predicted molar refractivity (Wildman–Crippen MR) is 119 cm³/mol. The maximum absolute atomic E-state index is 13.0. The fourth-order valence-electron chi connectivity index (χ4n) is 2.88. The van der Waals surface area contributed by atoms with Gasteiger partial charge in [-0.05, 0) is 48.5 Å². The van der Waals surface area contributed by atoms with Crippen molar-refractivity contribution in [1.29, 1.82) is 0 Å². The number of ketones is 1. The monoisotopic (exact) mass is 434 g/mol. The summed E-state index contributed by atoms with van der Waals surface area (Å²) in [6, 6.07) is 28.6. The minimum Gasteiger partial charge on any atom is -0.457 e. The lowest BCUT2D eigenvalue weighted by atomic mass is 10.0. The molecule has 0 aromatic heterocycles. The SMILES string of the molecule is O=C(c1ccc(Oc2ccccc2)cc1Cl)c1ccc(Oc2ccccc2)cc1Cl. The third-order valence-electron chi connectivity index (χ3n) is 4.33. The molecule has 0 amide bonds. The Morgan fingerprint density at radius 1 is 0.533 bits per heavy atom. The molecule has 148 valence electrons. The van der Waals surface area contributed by atoms with Crippen LogP contribution in [0.4, 0.5) is 0 Å². The number of para-hydroxylation sites is 2. The molecule has 4 rings (SSSR count). The Labute approximate surface area is 184 Å². The first-order valence-electron chi connectivity index (χ1n) is 9.20. The molecule has 0 saturated carbocycles. The van der Waals surface area contributed by atoms with Crippen LogP contribution in [0.25, 0.3) is 0 Å². The number of carbonyl (C=O) groups excluding carboxylic acids is 1. The van der Waals surface area contributed by atoms with Crippen molar-refractivity contribution in [3.63, 3.8) is 0 Å². The van der Waals surface area contributed by atoms with Crippen molar-refractivity contribution in [3.8, 4) is 23.0 Å². The van der Waals surface area contributed by atoms with Gasteiger partial charge in [-0.1, -0.05) is 59.6 Å². The maximum atomic E-state index is 13.0. The van der Waals surface area contributed by atoms with Gasteiger partial charge in [-0.25, -0.2) is 0 Å². The second kappa shape index (κ2) is 9.04. The third kappa shape index (κ3) is 4.65. The summed E-state index contributed by atoms with van der Waals surface area (Å²) in [5.74, 6) is 2.18. The molecule has 30 heavy (non-hydrogen) atoms. The Balaban J connectivity index is 1.54. The number of carbonyl (C=O) groups is 1. The number of rotatable bonds is 6. The molecule has 0 heterocycles. The van der Waals surface area contributed by atoms with Gasteiger partial charge in [0.2, 0.25) is 0 Å². The zero-order valence-electron chi connectivity index (χ0n) is 15.7. The Kier molecular flexibility index (Phi) is 6.03. The van der Waals surface area contributed by atoms with E-state index in [1.54, 1.807) is 36.4 Å². The van der Waals surface area contributed by atoms with E-state index in [0.29, 0.717) is 34.1 Å². The molecule has 0 fully saturated rings. The standard InChI is InChI=1S/C25H16Cl2O3/c26-23-15-19(29-17-7-3-1-4-8-17)11-13-21(23)25(28)22-14-12-20(16-24(22)27)30-18-9-5-2-6-10-18/h1-16H. The average Bonchev–Trinajstić information content (AvgIpc) is 2.75. The maximum Gasteiger partial charge on any atom is 0.196 e. The lowest BCUT2D eigenvalue weighted by molar-refractivity contribution is 0.103. The Hall–Kier alpha value is -3.27. The van der Waals surface area contributed by atoms with Crippen molar-refractivity contribution in [2.24, 2.45) is 0 Å². The third-order valence-corrected chi connectivity index (χ3v) is 4.95. The van der Waals surface area contributed by atoms with Crippen LogP contribution in [0.3, 0.4) is 0 Å². The molecule has 0 aliphatic heterocycles. The highest BCUT2D eigenvalue weighted by atomic mass is 35.5. The molecule has 0 atom stereocenters. The van der Waals surface area contributed by atoms with Crippen LogP contribution in [0.1, 0.15) is 15.9 Å². The van der Waals surface area contributed by atoms with Crippen molar-refractivity contribution in [3.05, 3.63) is 118 Å². The molecule has 0 saturated heterocycles. The summed E-state index contributed by atoms with van der Waals surface area (Å²) in [6.07, 6.45) is 0. The zero-order valence-corrected chi connectivity index (χ0v) is 17.2. The Morgan fingerprint density at radius 3 is 1.30 bits per heavy atom. The van der Waals surface area contributed by atoms with Crippen molar-refractivity contribution in [1.82, 2.24) is 0 Å². The van der Waals surface area contributed by atoms with Crippen LogP contribution >= 0.6 is 23.2 Å². The molecule has 0 N–H and O–H groups in total. The molecule has 0 unspecified atom stereocenters. The minimum atomic E-state index is -0.275. The summed E-state index contributed by atoms with van der Waals surface area (Å²) in [5.41, 5.74) is 0.686. The summed E-state index contributed by atoms with van der Waals surface area (Å²) in [6.45, 7) is 0. The van der Waals surface area contributed by atoms with Crippen molar-refractivity contribution < 1.29 is 14.3 Å². The van der Waals surface area contributed by atoms with E-state index >= 15 is 0 Å². The van der Waals surface area contributed by atoms with Crippen LogP contribution in [-0.4, -0.2) is 5.78 Å². The average molecular weight is 435 g/mol. The summed E-state index contributed by atoms with van der Waals surface area (Å²) >= 11 is 12.7. The van der Waals surface area contributed by atoms with E-state index in [-0.39, 0.29) is 15.8 Å². The van der Waals surface area contributed by atoms with Gasteiger partial charge in [0.05, 0.1) is 10.0 Å². The molecule has 0 aliphatic carbocycles. The number of hydrogen-bond acceptors (Lipinski definition) is 3. The Bertz CT molecular complexity index is 1080. The van der Waals surface area contributed by atoms with Gasteiger partial charge in [0.1, 0.15) is 23.0 Å². The molecule has 0 bridgehead atoms. The predicted octanol–water partition coefficient (Wildman–Crippen LogP) is 7.81. The fraction of sp³-hybridized carbons (Fsp3) is 0. The van der Waals surface area contributed by atoms with E-state index in [1.807, 2.05) is 60.7 Å². The van der Waals surface area contributed by atoms with Crippen LogP contribution in [-0.2, 0) is 0 Å². The van der Waals surface area contributed by atoms with Crippen LogP contribution < -0.4 is 9.47 Å². The van der Waals surface area contributed by atoms with Crippen LogP contribution in [0.5, 0.6) is 23.0 Å². The lowest BCUT2D eigenvalue weighted by Crippen LogP contribution is -2.03. The van der Waals surface area contributed by atoms with Crippen molar-refractivity contribution >= 4 is 29.0 Å². The van der Waals surface area contributed by atoms with Crippen molar-refractivity contribution in [2.75, 3.05) is 0 Å². The number of hydrogen-bond donors (Lipinski definition) is 0.